The van der Waals surface area contributed by atoms with Gasteiger partial charge in [0.05, 0.1) is 11.9 Å². The van der Waals surface area contributed by atoms with Gasteiger partial charge in [-0.25, -0.2) is 8.42 Å². The van der Waals surface area contributed by atoms with Gasteiger partial charge in [0, 0.05) is 6.54 Å². The number of hydrogen-bond donors (Lipinski definition) is 1. The maximum Gasteiger partial charge on any atom is 0.157 e. The molecule has 5 heteroatoms. The van der Waals surface area contributed by atoms with E-state index in [0.29, 0.717) is 5.75 Å². The minimum atomic E-state index is -2.88. The van der Waals surface area contributed by atoms with Gasteiger partial charge in [-0.05, 0) is 19.8 Å². The molecule has 2 saturated heterocycles. The SMILES string of the molecule is CC1CNC(C2CCCS2(=O)=O)O1. The summed E-state index contributed by atoms with van der Waals surface area (Å²) in [6.45, 7) is 2.71. The summed E-state index contributed by atoms with van der Waals surface area (Å²) in [5.74, 6) is 0.327. The highest BCUT2D eigenvalue weighted by atomic mass is 32.2. The molecule has 0 aromatic heterocycles. The van der Waals surface area contributed by atoms with Crippen molar-refractivity contribution in [1.29, 1.82) is 0 Å². The molecule has 0 bridgehead atoms. The fourth-order valence-corrected chi connectivity index (χ4v) is 3.94. The van der Waals surface area contributed by atoms with Gasteiger partial charge in [0.2, 0.25) is 0 Å². The molecule has 1 N–H and O–H groups in total. The first kappa shape index (κ1) is 9.43. The first-order valence-corrected chi connectivity index (χ1v) is 6.41. The van der Waals surface area contributed by atoms with Gasteiger partial charge < -0.3 is 4.74 Å². The lowest BCUT2D eigenvalue weighted by Gasteiger charge is -2.17. The Morgan fingerprint density at radius 2 is 2.23 bits per heavy atom. The molecule has 0 amide bonds. The Hall–Kier alpha value is -0.130. The molecule has 2 aliphatic rings. The predicted molar refractivity (Wildman–Crippen MR) is 49.1 cm³/mol. The Bertz CT molecular complexity index is 288. The molecule has 2 fully saturated rings. The van der Waals surface area contributed by atoms with Crippen LogP contribution < -0.4 is 5.32 Å². The lowest BCUT2D eigenvalue weighted by Crippen LogP contribution is -2.38. The summed E-state index contributed by atoms with van der Waals surface area (Å²) in [5, 5.41) is 2.79. The van der Waals surface area contributed by atoms with Gasteiger partial charge in [0.1, 0.15) is 11.5 Å². The van der Waals surface area contributed by atoms with E-state index in [9.17, 15) is 8.42 Å². The van der Waals surface area contributed by atoms with Crippen molar-refractivity contribution in [2.75, 3.05) is 12.3 Å². The molecule has 3 unspecified atom stereocenters. The second-order valence-electron chi connectivity index (χ2n) is 3.82. The minimum Gasteiger partial charge on any atom is -0.358 e. The van der Waals surface area contributed by atoms with E-state index in [4.69, 9.17) is 4.74 Å². The van der Waals surface area contributed by atoms with E-state index >= 15 is 0 Å². The van der Waals surface area contributed by atoms with Crippen LogP contribution in [-0.2, 0) is 14.6 Å². The normalized spacial score (nSPS) is 43.9. The molecule has 2 aliphatic heterocycles. The topological polar surface area (TPSA) is 55.4 Å². The van der Waals surface area contributed by atoms with Crippen molar-refractivity contribution in [3.63, 3.8) is 0 Å². The Kier molecular flexibility index (Phi) is 2.33. The molecule has 0 radical (unpaired) electrons. The molecular weight excluding hydrogens is 190 g/mol. The first-order chi connectivity index (χ1) is 6.09. The van der Waals surface area contributed by atoms with E-state index in [1.165, 1.54) is 0 Å². The average Bonchev–Trinajstić information content (AvgIpc) is 2.56. The third-order valence-electron chi connectivity index (χ3n) is 2.70. The molecule has 4 nitrogen and oxygen atoms in total. The van der Waals surface area contributed by atoms with Crippen LogP contribution in [-0.4, -0.2) is 38.3 Å². The van der Waals surface area contributed by atoms with Crippen LogP contribution in [0.2, 0.25) is 0 Å². The summed E-state index contributed by atoms with van der Waals surface area (Å²) < 4.78 is 28.6. The summed E-state index contributed by atoms with van der Waals surface area (Å²) in [6, 6.07) is 0. The fraction of sp³-hybridized carbons (Fsp3) is 1.00. The van der Waals surface area contributed by atoms with E-state index in [0.717, 1.165) is 19.4 Å². The molecule has 3 atom stereocenters. The standard InChI is InChI=1S/C8H15NO3S/c1-6-5-9-8(12-6)7-3-2-4-13(7,10)11/h6-9H,2-5H2,1H3. The maximum absolute atomic E-state index is 11.5. The van der Waals surface area contributed by atoms with Crippen molar-refractivity contribution in [2.45, 2.75) is 37.3 Å². The van der Waals surface area contributed by atoms with Gasteiger partial charge in [-0.2, -0.15) is 0 Å². The number of hydrogen-bond acceptors (Lipinski definition) is 4. The Morgan fingerprint density at radius 3 is 2.69 bits per heavy atom. The van der Waals surface area contributed by atoms with Crippen molar-refractivity contribution < 1.29 is 13.2 Å². The van der Waals surface area contributed by atoms with Gasteiger partial charge in [-0.15, -0.1) is 0 Å². The van der Waals surface area contributed by atoms with Crippen LogP contribution in [0, 0.1) is 0 Å². The van der Waals surface area contributed by atoms with Gasteiger partial charge in [-0.1, -0.05) is 0 Å². The molecule has 0 saturated carbocycles. The van der Waals surface area contributed by atoms with Crippen LogP contribution in [0.15, 0.2) is 0 Å². The van der Waals surface area contributed by atoms with Crippen LogP contribution in [0.1, 0.15) is 19.8 Å². The van der Waals surface area contributed by atoms with Crippen molar-refractivity contribution in [3.8, 4) is 0 Å². The van der Waals surface area contributed by atoms with Crippen molar-refractivity contribution in [3.05, 3.63) is 0 Å². The highest BCUT2D eigenvalue weighted by molar-refractivity contribution is 7.92. The molecule has 0 aromatic rings. The summed E-state index contributed by atoms with van der Waals surface area (Å²) in [7, 11) is -2.88. The largest absolute Gasteiger partial charge is 0.358 e. The van der Waals surface area contributed by atoms with E-state index < -0.39 is 9.84 Å². The predicted octanol–water partition coefficient (Wildman–Crippen LogP) is -0.102. The van der Waals surface area contributed by atoms with Crippen LogP contribution >= 0.6 is 0 Å². The van der Waals surface area contributed by atoms with Crippen LogP contribution in [0.25, 0.3) is 0 Å². The fourth-order valence-electron chi connectivity index (χ4n) is 2.00. The lowest BCUT2D eigenvalue weighted by atomic mass is 10.2. The smallest absolute Gasteiger partial charge is 0.157 e. The third-order valence-corrected chi connectivity index (χ3v) is 4.96. The number of sulfone groups is 1. The monoisotopic (exact) mass is 205 g/mol. The zero-order chi connectivity index (χ0) is 9.47. The Labute approximate surface area is 78.6 Å². The lowest BCUT2D eigenvalue weighted by molar-refractivity contribution is 0.0486. The molecule has 2 rings (SSSR count). The van der Waals surface area contributed by atoms with Crippen molar-refractivity contribution in [2.24, 2.45) is 0 Å². The number of rotatable bonds is 1. The van der Waals surface area contributed by atoms with Gasteiger partial charge in [0.25, 0.3) is 0 Å². The van der Waals surface area contributed by atoms with E-state index in [2.05, 4.69) is 5.32 Å². The Balaban J connectivity index is 2.09. The van der Waals surface area contributed by atoms with Crippen molar-refractivity contribution >= 4 is 9.84 Å². The van der Waals surface area contributed by atoms with Crippen LogP contribution in [0.5, 0.6) is 0 Å². The van der Waals surface area contributed by atoms with Crippen LogP contribution in [0.3, 0.4) is 0 Å². The zero-order valence-electron chi connectivity index (χ0n) is 7.69. The molecule has 13 heavy (non-hydrogen) atoms. The molecule has 76 valence electrons. The summed E-state index contributed by atoms with van der Waals surface area (Å²) in [6.07, 6.45) is 1.40. The maximum atomic E-state index is 11.5. The summed E-state index contributed by atoms with van der Waals surface area (Å²) >= 11 is 0. The molecular formula is C8H15NO3S. The minimum absolute atomic E-state index is 0.140. The second kappa shape index (κ2) is 3.22. The zero-order valence-corrected chi connectivity index (χ0v) is 8.51. The number of ether oxygens (including phenoxy) is 1. The second-order valence-corrected chi connectivity index (χ2v) is 6.16. The highest BCUT2D eigenvalue weighted by Crippen LogP contribution is 2.25. The average molecular weight is 205 g/mol. The number of nitrogens with one attached hydrogen (secondary N) is 1. The van der Waals surface area contributed by atoms with Crippen LogP contribution in [0.4, 0.5) is 0 Å². The van der Waals surface area contributed by atoms with E-state index in [1.807, 2.05) is 6.92 Å². The van der Waals surface area contributed by atoms with E-state index in [-0.39, 0.29) is 17.6 Å². The molecule has 0 spiro atoms. The molecule has 2 heterocycles. The van der Waals surface area contributed by atoms with Crippen molar-refractivity contribution in [1.82, 2.24) is 5.32 Å². The highest BCUT2D eigenvalue weighted by Gasteiger charge is 2.40. The molecule has 0 aromatic carbocycles. The van der Waals surface area contributed by atoms with Gasteiger partial charge in [-0.3, -0.25) is 5.32 Å². The Morgan fingerprint density at radius 1 is 1.46 bits per heavy atom. The third kappa shape index (κ3) is 1.73. The van der Waals surface area contributed by atoms with E-state index in [1.54, 1.807) is 0 Å². The summed E-state index contributed by atoms with van der Waals surface area (Å²) in [4.78, 5) is 0. The molecule has 0 aliphatic carbocycles. The first-order valence-electron chi connectivity index (χ1n) is 4.70. The summed E-state index contributed by atoms with van der Waals surface area (Å²) in [5.41, 5.74) is 0. The quantitative estimate of drug-likeness (QED) is 0.649. The van der Waals surface area contributed by atoms with Gasteiger partial charge >= 0.3 is 0 Å². The van der Waals surface area contributed by atoms with Gasteiger partial charge in [0.15, 0.2) is 9.84 Å².